The van der Waals surface area contributed by atoms with Gasteiger partial charge in [-0.1, -0.05) is 53.7 Å². The molecule has 2 aliphatic rings. The second-order valence-electron chi connectivity index (χ2n) is 6.98. The summed E-state index contributed by atoms with van der Waals surface area (Å²) >= 11 is 1.45. The topological polar surface area (TPSA) is 57.1 Å². The first-order valence-corrected chi connectivity index (χ1v) is 10.2. The van der Waals surface area contributed by atoms with E-state index in [1.807, 2.05) is 24.3 Å². The van der Waals surface area contributed by atoms with Crippen molar-refractivity contribution in [3.8, 4) is 0 Å². The minimum Gasteiger partial charge on any atom is -0.298 e. The Bertz CT molecular complexity index is 1110. The zero-order valence-corrected chi connectivity index (χ0v) is 17.0. The van der Waals surface area contributed by atoms with E-state index in [1.165, 1.54) is 17.3 Å². The lowest BCUT2D eigenvalue weighted by Gasteiger charge is -2.35. The van der Waals surface area contributed by atoms with Crippen molar-refractivity contribution >= 4 is 28.5 Å². The summed E-state index contributed by atoms with van der Waals surface area (Å²) in [6, 6.07) is 12.0. The maximum absolute atomic E-state index is 13.0. The monoisotopic (exact) mass is 390 g/mol. The van der Waals surface area contributed by atoms with Crippen LogP contribution >= 0.6 is 11.8 Å². The van der Waals surface area contributed by atoms with Crippen LogP contribution in [0, 0.1) is 20.8 Å². The molecule has 1 atom stereocenters. The second kappa shape index (κ2) is 7.28. The number of fused-ring (bicyclic) bond motifs is 2. The SMILES string of the molecule is C=CCSC1=NN2C(=c3ccccc3=N[C@@H]2c2c(C)cc(C)cc2C)C(=O)N1. The molecule has 28 heavy (non-hydrogen) atoms. The van der Waals surface area contributed by atoms with Gasteiger partial charge >= 0.3 is 0 Å². The molecule has 0 aromatic heterocycles. The fourth-order valence-corrected chi connectivity index (χ4v) is 4.40. The van der Waals surface area contributed by atoms with Crippen molar-refractivity contribution in [2.45, 2.75) is 26.9 Å². The van der Waals surface area contributed by atoms with Gasteiger partial charge in [0.25, 0.3) is 5.91 Å². The highest BCUT2D eigenvalue weighted by Gasteiger charge is 2.35. The maximum Gasteiger partial charge on any atom is 0.276 e. The number of hydrazone groups is 1. The molecule has 0 spiro atoms. The molecule has 0 saturated heterocycles. The third-order valence-electron chi connectivity index (χ3n) is 4.85. The number of hydrogen-bond donors (Lipinski definition) is 1. The van der Waals surface area contributed by atoms with Gasteiger partial charge in [0.15, 0.2) is 11.3 Å². The number of aryl methyl sites for hydroxylation is 3. The summed E-state index contributed by atoms with van der Waals surface area (Å²) in [6.45, 7) is 10.0. The quantitative estimate of drug-likeness (QED) is 0.820. The molecule has 0 fully saturated rings. The number of amides is 1. The van der Waals surface area contributed by atoms with Crippen molar-refractivity contribution in [2.75, 3.05) is 5.75 Å². The van der Waals surface area contributed by atoms with Gasteiger partial charge in [0.2, 0.25) is 0 Å². The van der Waals surface area contributed by atoms with E-state index in [2.05, 4.69) is 44.8 Å². The predicted octanol–water partition coefficient (Wildman–Crippen LogP) is 2.67. The fourth-order valence-electron chi connectivity index (χ4n) is 3.82. The Kier molecular flexibility index (Phi) is 4.81. The molecule has 2 aliphatic heterocycles. The van der Waals surface area contributed by atoms with Crippen molar-refractivity contribution in [1.82, 2.24) is 10.3 Å². The fraction of sp³-hybridized carbons (Fsp3) is 0.227. The Morgan fingerprint density at radius 2 is 1.93 bits per heavy atom. The van der Waals surface area contributed by atoms with Crippen molar-refractivity contribution < 1.29 is 4.79 Å². The summed E-state index contributed by atoms with van der Waals surface area (Å²) in [5.74, 6) is 0.514. The maximum atomic E-state index is 13.0. The van der Waals surface area contributed by atoms with Crippen LogP contribution in [0.4, 0.5) is 0 Å². The lowest BCUT2D eigenvalue weighted by atomic mass is 9.96. The number of rotatable bonds is 3. The van der Waals surface area contributed by atoms with E-state index in [1.54, 1.807) is 11.1 Å². The molecule has 0 radical (unpaired) electrons. The predicted molar refractivity (Wildman–Crippen MR) is 114 cm³/mol. The summed E-state index contributed by atoms with van der Waals surface area (Å²) in [5.41, 5.74) is 5.13. The molecular formula is C22H22N4OS. The Morgan fingerprint density at radius 3 is 2.64 bits per heavy atom. The summed E-state index contributed by atoms with van der Waals surface area (Å²) in [6.07, 6.45) is 1.41. The first kappa shape index (κ1) is 18.5. The highest BCUT2D eigenvalue weighted by molar-refractivity contribution is 8.14. The van der Waals surface area contributed by atoms with Gasteiger partial charge in [-0.2, -0.15) is 0 Å². The van der Waals surface area contributed by atoms with Crippen molar-refractivity contribution in [2.24, 2.45) is 10.1 Å². The average Bonchev–Trinajstić information content (AvgIpc) is 2.65. The molecule has 5 nitrogen and oxygen atoms in total. The third-order valence-corrected chi connectivity index (χ3v) is 5.71. The third kappa shape index (κ3) is 3.14. The van der Waals surface area contributed by atoms with Gasteiger partial charge in [0, 0.05) is 16.5 Å². The van der Waals surface area contributed by atoms with Crippen LogP contribution in [0.2, 0.25) is 0 Å². The van der Waals surface area contributed by atoms with E-state index in [0.29, 0.717) is 16.6 Å². The van der Waals surface area contributed by atoms with Crippen molar-refractivity contribution in [1.29, 1.82) is 0 Å². The van der Waals surface area contributed by atoms with Crippen LogP contribution in [0.5, 0.6) is 0 Å². The first-order valence-electron chi connectivity index (χ1n) is 9.17. The number of thioether (sulfide) groups is 1. The van der Waals surface area contributed by atoms with Gasteiger partial charge in [-0.3, -0.25) is 15.1 Å². The first-order chi connectivity index (χ1) is 13.5. The smallest absolute Gasteiger partial charge is 0.276 e. The lowest BCUT2D eigenvalue weighted by Crippen LogP contribution is -2.50. The van der Waals surface area contributed by atoms with Gasteiger partial charge in [-0.15, -0.1) is 11.7 Å². The zero-order valence-electron chi connectivity index (χ0n) is 16.2. The van der Waals surface area contributed by atoms with Gasteiger partial charge in [-0.05, 0) is 38.0 Å². The van der Waals surface area contributed by atoms with E-state index in [9.17, 15) is 4.79 Å². The molecule has 142 valence electrons. The molecule has 2 aromatic rings. The molecule has 0 aliphatic carbocycles. The molecule has 1 N–H and O–H groups in total. The number of benzene rings is 2. The van der Waals surface area contributed by atoms with Crippen LogP contribution in [0.15, 0.2) is 59.1 Å². The Balaban J connectivity index is 1.96. The number of nitrogens with zero attached hydrogens (tertiary/aromatic N) is 3. The summed E-state index contributed by atoms with van der Waals surface area (Å²) in [4.78, 5) is 18.0. The molecule has 1 amide bonds. The van der Waals surface area contributed by atoms with Gasteiger partial charge < -0.3 is 0 Å². The molecule has 6 heteroatoms. The van der Waals surface area contributed by atoms with Crippen LogP contribution < -0.4 is 15.9 Å². The van der Waals surface area contributed by atoms with Gasteiger partial charge in [0.05, 0.1) is 5.36 Å². The van der Waals surface area contributed by atoms with E-state index >= 15 is 0 Å². The van der Waals surface area contributed by atoms with Crippen molar-refractivity contribution in [3.05, 3.63) is 81.9 Å². The van der Waals surface area contributed by atoms with Gasteiger partial charge in [0.1, 0.15) is 5.70 Å². The number of carbonyl (C=O) groups is 1. The highest BCUT2D eigenvalue weighted by Crippen LogP contribution is 2.34. The molecule has 0 saturated carbocycles. The normalized spacial score (nSPS) is 17.9. The number of para-hydroxylation sites is 1. The number of amidine groups is 1. The molecule has 0 unspecified atom stereocenters. The van der Waals surface area contributed by atoms with Crippen LogP contribution in [0.1, 0.15) is 28.4 Å². The van der Waals surface area contributed by atoms with Crippen molar-refractivity contribution in [3.63, 3.8) is 0 Å². The molecular weight excluding hydrogens is 368 g/mol. The van der Waals surface area contributed by atoms with Crippen LogP contribution in [-0.2, 0) is 4.79 Å². The van der Waals surface area contributed by atoms with E-state index in [-0.39, 0.29) is 12.1 Å². The minimum atomic E-state index is -0.379. The largest absolute Gasteiger partial charge is 0.298 e. The van der Waals surface area contributed by atoms with Crippen LogP contribution in [0.25, 0.3) is 5.70 Å². The summed E-state index contributed by atoms with van der Waals surface area (Å²) < 4.78 is 0. The van der Waals surface area contributed by atoms with E-state index in [4.69, 9.17) is 10.1 Å². The van der Waals surface area contributed by atoms with E-state index < -0.39 is 0 Å². The molecule has 2 aromatic carbocycles. The number of carbonyl (C=O) groups excluding carboxylic acids is 1. The summed E-state index contributed by atoms with van der Waals surface area (Å²) in [5, 5.41) is 11.6. The molecule has 2 heterocycles. The Morgan fingerprint density at radius 1 is 1.21 bits per heavy atom. The average molecular weight is 391 g/mol. The second-order valence-corrected chi connectivity index (χ2v) is 7.99. The molecule has 0 bridgehead atoms. The highest BCUT2D eigenvalue weighted by atomic mass is 32.2. The number of hydrogen-bond acceptors (Lipinski definition) is 5. The zero-order chi connectivity index (χ0) is 19.8. The standard InChI is InChI=1S/C22H22N4OS/c1-5-10-28-22-24-21(27)19-16-8-6-7-9-17(16)23-20(26(19)25-22)18-14(3)11-13(2)12-15(18)4/h5-9,11-12,20H,1,10H2,2-4H3,(H,24,25,27)/t20-/m0/s1. The van der Waals surface area contributed by atoms with E-state index in [0.717, 1.165) is 27.3 Å². The van der Waals surface area contributed by atoms with Crippen LogP contribution in [0.3, 0.4) is 0 Å². The summed E-state index contributed by atoms with van der Waals surface area (Å²) in [7, 11) is 0. The van der Waals surface area contributed by atoms with Crippen LogP contribution in [-0.4, -0.2) is 21.8 Å². The minimum absolute atomic E-state index is 0.156. The number of nitrogens with one attached hydrogen (secondary N) is 1. The van der Waals surface area contributed by atoms with Gasteiger partial charge in [-0.25, -0.2) is 5.01 Å². The Labute approximate surface area is 168 Å². The lowest BCUT2D eigenvalue weighted by molar-refractivity contribution is -0.116. The Hall–Kier alpha value is -2.86. The molecule has 4 rings (SSSR count).